The lowest BCUT2D eigenvalue weighted by Crippen LogP contribution is -2.31. The van der Waals surface area contributed by atoms with Crippen molar-refractivity contribution in [2.45, 2.75) is 32.2 Å². The van der Waals surface area contributed by atoms with Crippen molar-refractivity contribution in [3.05, 3.63) is 29.6 Å². The van der Waals surface area contributed by atoms with Gasteiger partial charge in [0.05, 0.1) is 7.11 Å². The summed E-state index contributed by atoms with van der Waals surface area (Å²) in [6.07, 6.45) is 3.11. The number of nitrogens with two attached hydrogens (primary N) is 1. The summed E-state index contributed by atoms with van der Waals surface area (Å²) in [6.45, 7) is 2.19. The number of halogens is 1. The number of hydrogen-bond acceptors (Lipinski definition) is 2. The summed E-state index contributed by atoms with van der Waals surface area (Å²) in [5, 5.41) is 0. The summed E-state index contributed by atoms with van der Waals surface area (Å²) in [4.78, 5) is 0. The minimum absolute atomic E-state index is 0.125. The van der Waals surface area contributed by atoms with Gasteiger partial charge in [-0.2, -0.15) is 0 Å². The van der Waals surface area contributed by atoms with Gasteiger partial charge in [-0.3, -0.25) is 0 Å². The Labute approximate surface area is 95.6 Å². The molecule has 0 radical (unpaired) electrons. The van der Waals surface area contributed by atoms with Crippen molar-refractivity contribution in [3.8, 4) is 5.75 Å². The molecule has 0 spiro atoms. The average molecular weight is 223 g/mol. The second-order valence-corrected chi connectivity index (χ2v) is 4.93. The number of benzene rings is 1. The second-order valence-electron chi connectivity index (χ2n) is 4.93. The van der Waals surface area contributed by atoms with E-state index in [0.29, 0.717) is 0 Å². The molecule has 1 aromatic carbocycles. The number of ether oxygens (including phenoxy) is 1. The molecule has 3 heteroatoms. The average Bonchev–Trinajstić information content (AvgIpc) is 2.98. The summed E-state index contributed by atoms with van der Waals surface area (Å²) >= 11 is 0. The first kappa shape index (κ1) is 11.4. The highest BCUT2D eigenvalue weighted by Gasteiger charge is 2.42. The monoisotopic (exact) mass is 223 g/mol. The third-order valence-electron chi connectivity index (χ3n) is 3.61. The lowest BCUT2D eigenvalue weighted by atomic mass is 9.93. The van der Waals surface area contributed by atoms with Crippen molar-refractivity contribution < 1.29 is 9.13 Å². The van der Waals surface area contributed by atoms with Crippen LogP contribution < -0.4 is 10.5 Å². The highest BCUT2D eigenvalue weighted by atomic mass is 19.1. The van der Waals surface area contributed by atoms with Crippen LogP contribution in [0.2, 0.25) is 0 Å². The molecule has 2 N–H and O–H groups in total. The van der Waals surface area contributed by atoms with Crippen LogP contribution in [0.15, 0.2) is 18.2 Å². The van der Waals surface area contributed by atoms with E-state index in [1.807, 2.05) is 6.07 Å². The smallest absolute Gasteiger partial charge is 0.165 e. The molecule has 0 saturated heterocycles. The molecule has 0 aromatic heterocycles. The Morgan fingerprint density at radius 3 is 2.69 bits per heavy atom. The Hall–Kier alpha value is -1.09. The van der Waals surface area contributed by atoms with Gasteiger partial charge in [0.2, 0.25) is 0 Å². The van der Waals surface area contributed by atoms with Gasteiger partial charge >= 0.3 is 0 Å². The predicted octanol–water partition coefficient (Wildman–Crippen LogP) is 2.50. The van der Waals surface area contributed by atoms with Crippen LogP contribution in [-0.2, 0) is 6.42 Å². The molecule has 1 atom stereocenters. The first-order valence-corrected chi connectivity index (χ1v) is 5.63. The fourth-order valence-electron chi connectivity index (χ4n) is 1.91. The Morgan fingerprint density at radius 1 is 1.50 bits per heavy atom. The Bertz CT molecular complexity index is 388. The Kier molecular flexibility index (Phi) is 2.89. The first-order valence-electron chi connectivity index (χ1n) is 5.63. The topological polar surface area (TPSA) is 35.2 Å². The molecule has 88 valence electrons. The molecule has 0 aliphatic heterocycles. The van der Waals surface area contributed by atoms with E-state index in [2.05, 4.69) is 6.92 Å². The number of rotatable bonds is 4. The predicted molar refractivity (Wildman–Crippen MR) is 62.0 cm³/mol. The van der Waals surface area contributed by atoms with Gasteiger partial charge in [-0.05, 0) is 42.4 Å². The zero-order chi connectivity index (χ0) is 11.8. The van der Waals surface area contributed by atoms with Gasteiger partial charge in [-0.1, -0.05) is 13.0 Å². The molecule has 0 bridgehead atoms. The maximum Gasteiger partial charge on any atom is 0.165 e. The largest absolute Gasteiger partial charge is 0.494 e. The fourth-order valence-corrected chi connectivity index (χ4v) is 1.91. The van der Waals surface area contributed by atoms with E-state index < -0.39 is 0 Å². The van der Waals surface area contributed by atoms with Crippen molar-refractivity contribution in [3.63, 3.8) is 0 Å². The lowest BCUT2D eigenvalue weighted by molar-refractivity contribution is 0.385. The molecule has 0 heterocycles. The van der Waals surface area contributed by atoms with Crippen LogP contribution in [0.25, 0.3) is 0 Å². The minimum Gasteiger partial charge on any atom is -0.494 e. The molecule has 2 rings (SSSR count). The fraction of sp³-hybridized carbons (Fsp3) is 0.538. The van der Waals surface area contributed by atoms with Gasteiger partial charge < -0.3 is 10.5 Å². The third-order valence-corrected chi connectivity index (χ3v) is 3.61. The molecule has 1 aliphatic carbocycles. The van der Waals surface area contributed by atoms with Crippen LogP contribution in [0.1, 0.15) is 25.3 Å². The SMILES string of the molecule is COc1ccc(CC(N)C2(C)CC2)cc1F. The molecule has 1 fully saturated rings. The summed E-state index contributed by atoms with van der Waals surface area (Å²) < 4.78 is 18.3. The van der Waals surface area contributed by atoms with Crippen LogP contribution in [0.3, 0.4) is 0 Å². The molecule has 16 heavy (non-hydrogen) atoms. The standard InChI is InChI=1S/C13H18FNO/c1-13(5-6-13)12(15)8-9-3-4-11(16-2)10(14)7-9/h3-4,7,12H,5-6,8,15H2,1-2H3. The minimum atomic E-state index is -0.312. The molecule has 1 saturated carbocycles. The molecule has 2 nitrogen and oxygen atoms in total. The first-order chi connectivity index (χ1) is 7.55. The van der Waals surface area contributed by atoms with Crippen LogP contribution in [-0.4, -0.2) is 13.2 Å². The van der Waals surface area contributed by atoms with E-state index in [1.54, 1.807) is 6.07 Å². The molecule has 1 aromatic rings. The molecule has 0 amide bonds. The Morgan fingerprint density at radius 2 is 2.19 bits per heavy atom. The van der Waals surface area contributed by atoms with E-state index in [-0.39, 0.29) is 23.0 Å². The summed E-state index contributed by atoms with van der Waals surface area (Å²) in [7, 11) is 1.47. The highest BCUT2D eigenvalue weighted by Crippen LogP contribution is 2.48. The van der Waals surface area contributed by atoms with E-state index >= 15 is 0 Å². The van der Waals surface area contributed by atoms with Crippen LogP contribution in [0, 0.1) is 11.2 Å². The zero-order valence-electron chi connectivity index (χ0n) is 9.79. The molecule has 1 aliphatic rings. The number of hydrogen-bond donors (Lipinski definition) is 1. The van der Waals surface area contributed by atoms with E-state index in [1.165, 1.54) is 26.0 Å². The number of methoxy groups -OCH3 is 1. The molecular formula is C13H18FNO. The van der Waals surface area contributed by atoms with Gasteiger partial charge in [-0.25, -0.2) is 4.39 Å². The van der Waals surface area contributed by atoms with Crippen molar-refractivity contribution in [1.29, 1.82) is 0 Å². The van der Waals surface area contributed by atoms with Crippen molar-refractivity contribution in [2.75, 3.05) is 7.11 Å². The highest BCUT2D eigenvalue weighted by molar-refractivity contribution is 5.30. The van der Waals surface area contributed by atoms with Gasteiger partial charge in [0.1, 0.15) is 0 Å². The molecule has 1 unspecified atom stereocenters. The van der Waals surface area contributed by atoms with E-state index in [4.69, 9.17) is 10.5 Å². The maximum absolute atomic E-state index is 13.4. The van der Waals surface area contributed by atoms with Gasteiger partial charge in [0, 0.05) is 6.04 Å². The zero-order valence-corrected chi connectivity index (χ0v) is 9.79. The summed E-state index contributed by atoms with van der Waals surface area (Å²) in [5.41, 5.74) is 7.33. The maximum atomic E-state index is 13.4. The van der Waals surface area contributed by atoms with Crippen molar-refractivity contribution in [2.24, 2.45) is 11.1 Å². The van der Waals surface area contributed by atoms with E-state index in [0.717, 1.165) is 12.0 Å². The second kappa shape index (κ2) is 4.06. The van der Waals surface area contributed by atoms with Crippen LogP contribution >= 0.6 is 0 Å². The normalized spacial score (nSPS) is 19.2. The van der Waals surface area contributed by atoms with Crippen LogP contribution in [0.4, 0.5) is 4.39 Å². The van der Waals surface area contributed by atoms with Crippen LogP contribution in [0.5, 0.6) is 5.75 Å². The Balaban J connectivity index is 2.07. The van der Waals surface area contributed by atoms with Crippen molar-refractivity contribution >= 4 is 0 Å². The van der Waals surface area contributed by atoms with Gasteiger partial charge in [0.25, 0.3) is 0 Å². The van der Waals surface area contributed by atoms with Gasteiger partial charge in [0.15, 0.2) is 11.6 Å². The molecular weight excluding hydrogens is 205 g/mol. The lowest BCUT2D eigenvalue weighted by Gasteiger charge is -2.18. The van der Waals surface area contributed by atoms with E-state index in [9.17, 15) is 4.39 Å². The summed E-state index contributed by atoms with van der Waals surface area (Å²) in [5.74, 6) is -0.0249. The van der Waals surface area contributed by atoms with Gasteiger partial charge in [-0.15, -0.1) is 0 Å². The van der Waals surface area contributed by atoms with Crippen molar-refractivity contribution in [1.82, 2.24) is 0 Å². The quantitative estimate of drug-likeness (QED) is 0.851. The third kappa shape index (κ3) is 2.19. The summed E-state index contributed by atoms with van der Waals surface area (Å²) in [6, 6.07) is 5.19.